The van der Waals surface area contributed by atoms with Crippen molar-refractivity contribution in [3.63, 3.8) is 0 Å². The topological polar surface area (TPSA) is 12.0 Å². The number of hydrogen-bond donors (Lipinski definition) is 1. The van der Waals surface area contributed by atoms with Gasteiger partial charge in [-0.25, -0.2) is 0 Å². The van der Waals surface area contributed by atoms with E-state index in [1.165, 1.54) is 12.1 Å². The van der Waals surface area contributed by atoms with Crippen molar-refractivity contribution in [2.24, 2.45) is 0 Å². The predicted molar refractivity (Wildman–Crippen MR) is 82.3 cm³/mol. The van der Waals surface area contributed by atoms with E-state index in [1.54, 1.807) is 18.2 Å². The van der Waals surface area contributed by atoms with Gasteiger partial charge in [0.15, 0.2) is 0 Å². The first-order chi connectivity index (χ1) is 10.5. The molecule has 1 N–H and O–H groups in total. The highest BCUT2D eigenvalue weighted by molar-refractivity contribution is 6.30. The first-order valence-electron chi connectivity index (χ1n) is 6.86. The number of benzene rings is 2. The Labute approximate surface area is 131 Å². The van der Waals surface area contributed by atoms with Crippen LogP contribution in [0, 0.1) is 0 Å². The predicted octanol–water partition coefficient (Wildman–Crippen LogP) is 5.22. The Morgan fingerprint density at radius 1 is 0.955 bits per heavy atom. The average molecular weight is 324 g/mol. The van der Waals surface area contributed by atoms with Crippen LogP contribution in [0.25, 0.3) is 11.3 Å². The van der Waals surface area contributed by atoms with Crippen molar-refractivity contribution < 1.29 is 13.2 Å². The summed E-state index contributed by atoms with van der Waals surface area (Å²) >= 11 is 5.88. The first-order valence-corrected chi connectivity index (χ1v) is 7.24. The van der Waals surface area contributed by atoms with E-state index in [0.717, 1.165) is 17.2 Å². The van der Waals surface area contributed by atoms with Crippen LogP contribution >= 0.6 is 11.6 Å². The van der Waals surface area contributed by atoms with Gasteiger partial charge in [-0.3, -0.25) is 0 Å². The zero-order chi connectivity index (χ0) is 15.7. The minimum Gasteiger partial charge on any atom is -0.384 e. The van der Waals surface area contributed by atoms with Gasteiger partial charge in [-0.15, -0.1) is 0 Å². The fraction of sp³-hybridized carbons (Fsp3) is 0.176. The maximum atomic E-state index is 13.2. The number of hydrogen-bond acceptors (Lipinski definition) is 1. The van der Waals surface area contributed by atoms with Crippen LogP contribution in [-0.2, 0) is 6.18 Å². The molecule has 1 nitrogen and oxygen atoms in total. The van der Waals surface area contributed by atoms with Crippen molar-refractivity contribution in [1.82, 2.24) is 5.32 Å². The van der Waals surface area contributed by atoms with Crippen molar-refractivity contribution in [3.8, 4) is 0 Å². The smallest absolute Gasteiger partial charge is 0.384 e. The lowest BCUT2D eigenvalue weighted by molar-refractivity contribution is -0.137. The lowest BCUT2D eigenvalue weighted by Gasteiger charge is -2.15. The molecule has 0 radical (unpaired) electrons. The fourth-order valence-electron chi connectivity index (χ4n) is 2.69. The summed E-state index contributed by atoms with van der Waals surface area (Å²) in [6, 6.07) is 12.8. The van der Waals surface area contributed by atoms with Crippen LogP contribution in [0.5, 0.6) is 0 Å². The van der Waals surface area contributed by atoms with Gasteiger partial charge in [-0.05, 0) is 35.8 Å². The van der Waals surface area contributed by atoms with Crippen molar-refractivity contribution >= 4 is 22.9 Å². The van der Waals surface area contributed by atoms with Crippen LogP contribution in [-0.4, -0.2) is 6.54 Å². The van der Waals surface area contributed by atoms with Crippen molar-refractivity contribution in [1.29, 1.82) is 0 Å². The summed E-state index contributed by atoms with van der Waals surface area (Å²) in [6.07, 6.45) is -3.69. The second-order valence-electron chi connectivity index (χ2n) is 5.08. The highest BCUT2D eigenvalue weighted by Gasteiger charge is 2.35. The summed E-state index contributed by atoms with van der Waals surface area (Å²) in [6.45, 7) is 0.624. The highest BCUT2D eigenvalue weighted by Crippen LogP contribution is 2.39. The van der Waals surface area contributed by atoms with Gasteiger partial charge in [0.05, 0.1) is 5.56 Å². The number of halogens is 4. The van der Waals surface area contributed by atoms with Gasteiger partial charge in [-0.2, -0.15) is 13.2 Å². The molecule has 22 heavy (non-hydrogen) atoms. The van der Waals surface area contributed by atoms with Crippen molar-refractivity contribution in [2.75, 3.05) is 6.54 Å². The van der Waals surface area contributed by atoms with Gasteiger partial charge < -0.3 is 5.32 Å². The summed E-state index contributed by atoms with van der Waals surface area (Å²) in [5, 5.41) is 3.70. The SMILES string of the molecule is FC(F)(F)c1ccccc1C1=C(c2ccc(Cl)cc2)CCN1. The van der Waals surface area contributed by atoms with Crippen molar-refractivity contribution in [2.45, 2.75) is 12.6 Å². The van der Waals surface area contributed by atoms with Crippen LogP contribution in [0.15, 0.2) is 48.5 Å². The lowest BCUT2D eigenvalue weighted by Crippen LogP contribution is -2.13. The Morgan fingerprint density at radius 3 is 2.32 bits per heavy atom. The molecule has 0 aliphatic carbocycles. The van der Waals surface area contributed by atoms with Gasteiger partial charge in [0, 0.05) is 22.8 Å². The van der Waals surface area contributed by atoms with Crippen LogP contribution < -0.4 is 5.32 Å². The summed E-state index contributed by atoms with van der Waals surface area (Å²) in [5.41, 5.74) is 1.90. The summed E-state index contributed by atoms with van der Waals surface area (Å²) in [5.74, 6) is 0. The Morgan fingerprint density at radius 2 is 1.64 bits per heavy atom. The van der Waals surface area contributed by atoms with Gasteiger partial charge >= 0.3 is 6.18 Å². The normalized spacial score (nSPS) is 15.1. The molecule has 2 aromatic carbocycles. The van der Waals surface area contributed by atoms with E-state index in [4.69, 9.17) is 11.6 Å². The summed E-state index contributed by atoms with van der Waals surface area (Å²) in [4.78, 5) is 0. The molecule has 2 aromatic rings. The molecule has 3 rings (SSSR count). The Bertz CT molecular complexity index is 717. The van der Waals surface area contributed by atoms with Gasteiger partial charge in [-0.1, -0.05) is 41.9 Å². The molecule has 0 fully saturated rings. The molecule has 0 amide bonds. The van der Waals surface area contributed by atoms with E-state index < -0.39 is 11.7 Å². The first kappa shape index (κ1) is 15.0. The number of alkyl halides is 3. The quantitative estimate of drug-likeness (QED) is 0.799. The highest BCUT2D eigenvalue weighted by atomic mass is 35.5. The minimum absolute atomic E-state index is 0.192. The maximum absolute atomic E-state index is 13.2. The second-order valence-corrected chi connectivity index (χ2v) is 5.52. The molecule has 0 aromatic heterocycles. The van der Waals surface area contributed by atoms with Gasteiger partial charge in [0.2, 0.25) is 0 Å². The van der Waals surface area contributed by atoms with Crippen LogP contribution in [0.1, 0.15) is 23.1 Å². The summed E-state index contributed by atoms with van der Waals surface area (Å²) in [7, 11) is 0. The molecule has 5 heteroatoms. The molecule has 1 aliphatic rings. The third-order valence-corrected chi connectivity index (χ3v) is 3.93. The van der Waals surface area contributed by atoms with E-state index in [-0.39, 0.29) is 5.56 Å². The van der Waals surface area contributed by atoms with E-state index in [9.17, 15) is 13.2 Å². The average Bonchev–Trinajstić information content (AvgIpc) is 2.96. The Balaban J connectivity index is 2.14. The third kappa shape index (κ3) is 2.83. The molecule has 0 atom stereocenters. The third-order valence-electron chi connectivity index (χ3n) is 3.67. The van der Waals surface area contributed by atoms with Crippen molar-refractivity contribution in [3.05, 3.63) is 70.2 Å². The second kappa shape index (κ2) is 5.69. The fourth-order valence-corrected chi connectivity index (χ4v) is 2.82. The Hall–Kier alpha value is -1.94. The van der Waals surface area contributed by atoms with E-state index >= 15 is 0 Å². The van der Waals surface area contributed by atoms with Gasteiger partial charge in [0.1, 0.15) is 0 Å². The zero-order valence-electron chi connectivity index (χ0n) is 11.5. The van der Waals surface area contributed by atoms with Crippen LogP contribution in [0.4, 0.5) is 13.2 Å². The molecule has 0 saturated heterocycles. The Kier molecular flexibility index (Phi) is 3.87. The monoisotopic (exact) mass is 323 g/mol. The minimum atomic E-state index is -4.38. The van der Waals surface area contributed by atoms with Gasteiger partial charge in [0.25, 0.3) is 0 Å². The molecule has 0 saturated carbocycles. The van der Waals surface area contributed by atoms with E-state index in [2.05, 4.69) is 5.32 Å². The van der Waals surface area contributed by atoms with Crippen LogP contribution in [0.2, 0.25) is 5.02 Å². The molecular weight excluding hydrogens is 311 g/mol. The molecule has 114 valence electrons. The molecular formula is C17H13ClF3N. The number of nitrogens with one attached hydrogen (secondary N) is 1. The maximum Gasteiger partial charge on any atom is 0.417 e. The standard InChI is InChI=1S/C17H13ClF3N/c18-12-7-5-11(6-8-12)13-9-10-22-16(13)14-3-1-2-4-15(14)17(19,20)21/h1-8,22H,9-10H2. The van der Waals surface area contributed by atoms with Crippen LogP contribution in [0.3, 0.4) is 0 Å². The van der Waals surface area contributed by atoms with E-state index in [1.807, 2.05) is 12.1 Å². The lowest BCUT2D eigenvalue weighted by atomic mass is 9.97. The molecule has 0 bridgehead atoms. The molecule has 0 spiro atoms. The molecule has 1 heterocycles. The van der Waals surface area contributed by atoms with E-state index in [0.29, 0.717) is 23.7 Å². The molecule has 0 unspecified atom stereocenters. The molecule has 1 aliphatic heterocycles. The largest absolute Gasteiger partial charge is 0.417 e. The summed E-state index contributed by atoms with van der Waals surface area (Å²) < 4.78 is 39.6. The number of rotatable bonds is 2. The zero-order valence-corrected chi connectivity index (χ0v) is 12.3.